The molecular formula is C17H32N4. The van der Waals surface area contributed by atoms with E-state index in [4.69, 9.17) is 0 Å². The predicted molar refractivity (Wildman–Crippen MR) is 87.2 cm³/mol. The van der Waals surface area contributed by atoms with E-state index < -0.39 is 0 Å². The van der Waals surface area contributed by atoms with Crippen LogP contribution in [0.5, 0.6) is 0 Å². The molecule has 1 aliphatic rings. The molecule has 1 aliphatic carbocycles. The topological polar surface area (TPSA) is 42.7 Å². The van der Waals surface area contributed by atoms with Gasteiger partial charge in [-0.25, -0.2) is 9.67 Å². The van der Waals surface area contributed by atoms with Crippen molar-refractivity contribution in [2.45, 2.75) is 77.8 Å². The van der Waals surface area contributed by atoms with Crippen molar-refractivity contribution in [1.82, 2.24) is 20.1 Å². The van der Waals surface area contributed by atoms with E-state index in [0.29, 0.717) is 12.0 Å². The van der Waals surface area contributed by atoms with Crippen molar-refractivity contribution in [2.24, 2.45) is 11.8 Å². The molecule has 4 heteroatoms. The van der Waals surface area contributed by atoms with E-state index >= 15 is 0 Å². The predicted octanol–water partition coefficient (Wildman–Crippen LogP) is 3.43. The van der Waals surface area contributed by atoms with Crippen LogP contribution in [-0.4, -0.2) is 27.9 Å². The first-order valence-corrected chi connectivity index (χ1v) is 8.74. The highest BCUT2D eigenvalue weighted by atomic mass is 15.3. The number of likely N-dealkylation sites (N-methyl/N-ethyl adjacent to an activating group) is 1. The highest BCUT2D eigenvalue weighted by Crippen LogP contribution is 2.26. The SMILES string of the molecule is CNC(Cc1ncnn1CC(C)C)C1CCCCCCC1. The standard InChI is InChI=1S/C17H32N4/c1-14(2)12-21-17(19-13-20-21)11-16(18-3)15-9-7-5-4-6-8-10-15/h13-16,18H,4-12H2,1-3H3. The average molecular weight is 292 g/mol. The summed E-state index contributed by atoms with van der Waals surface area (Å²) < 4.78 is 2.10. The summed E-state index contributed by atoms with van der Waals surface area (Å²) in [5.41, 5.74) is 0. The highest BCUT2D eigenvalue weighted by Gasteiger charge is 2.23. The van der Waals surface area contributed by atoms with Gasteiger partial charge in [-0.05, 0) is 31.7 Å². The summed E-state index contributed by atoms with van der Waals surface area (Å²) in [6.07, 6.45) is 12.5. The summed E-state index contributed by atoms with van der Waals surface area (Å²) >= 11 is 0. The second kappa shape index (κ2) is 8.52. The van der Waals surface area contributed by atoms with Gasteiger partial charge in [-0.15, -0.1) is 0 Å². The van der Waals surface area contributed by atoms with Crippen LogP contribution in [0, 0.1) is 11.8 Å². The maximum Gasteiger partial charge on any atom is 0.138 e. The lowest BCUT2D eigenvalue weighted by molar-refractivity contribution is 0.287. The van der Waals surface area contributed by atoms with Crippen molar-refractivity contribution < 1.29 is 0 Å². The molecular weight excluding hydrogens is 260 g/mol. The van der Waals surface area contributed by atoms with Gasteiger partial charge >= 0.3 is 0 Å². The van der Waals surface area contributed by atoms with Crippen LogP contribution in [0.1, 0.15) is 64.6 Å². The molecule has 0 bridgehead atoms. The van der Waals surface area contributed by atoms with Crippen LogP contribution in [-0.2, 0) is 13.0 Å². The third-order valence-electron chi connectivity index (χ3n) is 4.73. The molecule has 0 spiro atoms. The minimum atomic E-state index is 0.540. The maximum atomic E-state index is 4.51. The van der Waals surface area contributed by atoms with E-state index in [1.807, 2.05) is 0 Å². The first kappa shape index (κ1) is 16.5. The molecule has 1 fully saturated rings. The molecule has 1 atom stereocenters. The lowest BCUT2D eigenvalue weighted by Crippen LogP contribution is -2.37. The van der Waals surface area contributed by atoms with E-state index in [0.717, 1.165) is 24.7 Å². The minimum absolute atomic E-state index is 0.540. The fraction of sp³-hybridized carbons (Fsp3) is 0.882. The molecule has 1 saturated carbocycles. The number of aromatic nitrogens is 3. The molecule has 4 nitrogen and oxygen atoms in total. The van der Waals surface area contributed by atoms with Crippen LogP contribution in [0.25, 0.3) is 0 Å². The number of hydrogen-bond acceptors (Lipinski definition) is 3. The van der Waals surface area contributed by atoms with E-state index in [-0.39, 0.29) is 0 Å². The lowest BCUT2D eigenvalue weighted by atomic mass is 9.84. The molecule has 1 N–H and O–H groups in total. The molecule has 1 aromatic heterocycles. The highest BCUT2D eigenvalue weighted by molar-refractivity contribution is 4.92. The second-order valence-electron chi connectivity index (χ2n) is 6.96. The van der Waals surface area contributed by atoms with Crippen molar-refractivity contribution >= 4 is 0 Å². The van der Waals surface area contributed by atoms with Gasteiger partial charge in [0.2, 0.25) is 0 Å². The normalized spacial score (nSPS) is 19.4. The summed E-state index contributed by atoms with van der Waals surface area (Å²) in [6.45, 7) is 5.43. The van der Waals surface area contributed by atoms with Crippen LogP contribution < -0.4 is 5.32 Å². The summed E-state index contributed by atoms with van der Waals surface area (Å²) in [4.78, 5) is 4.51. The Labute approximate surface area is 129 Å². The Balaban J connectivity index is 1.98. The molecule has 0 aromatic carbocycles. The maximum absolute atomic E-state index is 4.51. The lowest BCUT2D eigenvalue weighted by Gasteiger charge is -2.28. The third-order valence-corrected chi connectivity index (χ3v) is 4.73. The van der Waals surface area contributed by atoms with Gasteiger partial charge in [0, 0.05) is 19.0 Å². The summed E-state index contributed by atoms with van der Waals surface area (Å²) in [7, 11) is 2.10. The molecule has 0 radical (unpaired) electrons. The Morgan fingerprint density at radius 2 is 1.86 bits per heavy atom. The minimum Gasteiger partial charge on any atom is -0.316 e. The van der Waals surface area contributed by atoms with E-state index in [1.54, 1.807) is 6.33 Å². The monoisotopic (exact) mass is 292 g/mol. The average Bonchev–Trinajstić information content (AvgIpc) is 2.82. The largest absolute Gasteiger partial charge is 0.316 e. The van der Waals surface area contributed by atoms with Crippen molar-refractivity contribution in [3.8, 4) is 0 Å². The number of hydrogen-bond donors (Lipinski definition) is 1. The molecule has 0 saturated heterocycles. The Bertz CT molecular complexity index is 391. The molecule has 1 unspecified atom stereocenters. The third kappa shape index (κ3) is 5.10. The summed E-state index contributed by atoms with van der Waals surface area (Å²) in [6, 6.07) is 0.540. The van der Waals surface area contributed by atoms with E-state index in [2.05, 4.69) is 41.0 Å². The number of rotatable bonds is 6. The Morgan fingerprint density at radius 1 is 1.19 bits per heavy atom. The van der Waals surface area contributed by atoms with Crippen molar-refractivity contribution in [2.75, 3.05) is 7.05 Å². The molecule has 1 aromatic rings. The van der Waals surface area contributed by atoms with Crippen molar-refractivity contribution in [3.05, 3.63) is 12.2 Å². The first-order valence-electron chi connectivity index (χ1n) is 8.74. The van der Waals surface area contributed by atoms with Crippen molar-refractivity contribution in [1.29, 1.82) is 0 Å². The fourth-order valence-electron chi connectivity index (χ4n) is 3.54. The van der Waals surface area contributed by atoms with Gasteiger partial charge in [0.15, 0.2) is 0 Å². The van der Waals surface area contributed by atoms with Gasteiger partial charge in [0.25, 0.3) is 0 Å². The molecule has 2 rings (SSSR count). The van der Waals surface area contributed by atoms with Gasteiger partial charge in [-0.2, -0.15) is 5.10 Å². The molecule has 0 aliphatic heterocycles. The van der Waals surface area contributed by atoms with Crippen LogP contribution in [0.3, 0.4) is 0 Å². The molecule has 1 heterocycles. The number of nitrogens with zero attached hydrogens (tertiary/aromatic N) is 3. The second-order valence-corrected chi connectivity index (χ2v) is 6.96. The number of nitrogens with one attached hydrogen (secondary N) is 1. The smallest absolute Gasteiger partial charge is 0.138 e. The zero-order valence-corrected chi connectivity index (χ0v) is 14.0. The first-order chi connectivity index (χ1) is 10.2. The fourth-order valence-corrected chi connectivity index (χ4v) is 3.54. The van der Waals surface area contributed by atoms with Gasteiger partial charge < -0.3 is 5.32 Å². The zero-order chi connectivity index (χ0) is 15.1. The van der Waals surface area contributed by atoms with Gasteiger partial charge in [-0.3, -0.25) is 0 Å². The zero-order valence-electron chi connectivity index (χ0n) is 14.0. The Hall–Kier alpha value is -0.900. The molecule has 21 heavy (non-hydrogen) atoms. The van der Waals surface area contributed by atoms with Crippen molar-refractivity contribution in [3.63, 3.8) is 0 Å². The molecule has 120 valence electrons. The Kier molecular flexibility index (Phi) is 6.68. The van der Waals surface area contributed by atoms with E-state index in [9.17, 15) is 0 Å². The van der Waals surface area contributed by atoms with Crippen LogP contribution >= 0.6 is 0 Å². The van der Waals surface area contributed by atoms with Gasteiger partial charge in [0.1, 0.15) is 12.2 Å². The molecule has 0 amide bonds. The van der Waals surface area contributed by atoms with Crippen LogP contribution in [0.4, 0.5) is 0 Å². The van der Waals surface area contributed by atoms with Gasteiger partial charge in [-0.1, -0.05) is 46.0 Å². The van der Waals surface area contributed by atoms with Gasteiger partial charge in [0.05, 0.1) is 0 Å². The summed E-state index contributed by atoms with van der Waals surface area (Å²) in [5.74, 6) is 2.55. The van der Waals surface area contributed by atoms with Crippen LogP contribution in [0.15, 0.2) is 6.33 Å². The summed E-state index contributed by atoms with van der Waals surface area (Å²) in [5, 5.41) is 7.96. The quantitative estimate of drug-likeness (QED) is 0.873. The van der Waals surface area contributed by atoms with E-state index in [1.165, 1.54) is 44.9 Å². The Morgan fingerprint density at radius 3 is 2.48 bits per heavy atom. The van der Waals surface area contributed by atoms with Crippen LogP contribution in [0.2, 0.25) is 0 Å².